The molecule has 0 radical (unpaired) electrons. The average Bonchev–Trinajstić information content (AvgIpc) is 2.65. The van der Waals surface area contributed by atoms with E-state index in [1.54, 1.807) is 24.7 Å². The number of anilines is 3. The zero-order chi connectivity index (χ0) is 14.9. The number of carbonyl (C=O) groups is 1. The van der Waals surface area contributed by atoms with Crippen molar-refractivity contribution in [1.82, 2.24) is 9.78 Å². The summed E-state index contributed by atoms with van der Waals surface area (Å²) in [6.45, 7) is 1.80. The Hall–Kier alpha value is -2.50. The van der Waals surface area contributed by atoms with Crippen LogP contribution in [0.15, 0.2) is 24.3 Å². The monoisotopic (exact) mass is 273 g/mol. The average molecular weight is 273 g/mol. The maximum Gasteiger partial charge on any atom is 0.256 e. The van der Waals surface area contributed by atoms with Gasteiger partial charge in [-0.3, -0.25) is 9.48 Å². The Bertz CT molecular complexity index is 645. The van der Waals surface area contributed by atoms with Crippen molar-refractivity contribution in [2.45, 2.75) is 6.92 Å². The number of benzene rings is 1. The number of hydrogen-bond acceptors (Lipinski definition) is 4. The van der Waals surface area contributed by atoms with Gasteiger partial charge in [-0.25, -0.2) is 0 Å². The van der Waals surface area contributed by atoms with E-state index in [2.05, 4.69) is 10.4 Å². The van der Waals surface area contributed by atoms with Gasteiger partial charge >= 0.3 is 0 Å². The van der Waals surface area contributed by atoms with Crippen LogP contribution in [0.25, 0.3) is 0 Å². The molecule has 1 heterocycles. The highest BCUT2D eigenvalue weighted by Gasteiger charge is 2.14. The summed E-state index contributed by atoms with van der Waals surface area (Å²) < 4.78 is 1.57. The number of aryl methyl sites for hydroxylation is 2. The van der Waals surface area contributed by atoms with Crippen LogP contribution in [0.4, 0.5) is 17.2 Å². The lowest BCUT2D eigenvalue weighted by molar-refractivity contribution is 0.102. The third kappa shape index (κ3) is 2.59. The summed E-state index contributed by atoms with van der Waals surface area (Å²) in [6, 6.07) is 7.39. The van der Waals surface area contributed by atoms with Gasteiger partial charge in [0.05, 0.1) is 11.4 Å². The molecular formula is C14H19N5O. The van der Waals surface area contributed by atoms with E-state index < -0.39 is 0 Å². The number of amides is 1. The van der Waals surface area contributed by atoms with Crippen molar-refractivity contribution in [3.05, 3.63) is 35.5 Å². The molecule has 0 spiro atoms. The second-order valence-electron chi connectivity index (χ2n) is 4.87. The molecule has 0 aliphatic carbocycles. The van der Waals surface area contributed by atoms with Crippen molar-refractivity contribution in [2.24, 2.45) is 7.05 Å². The predicted molar refractivity (Wildman–Crippen MR) is 81.1 cm³/mol. The van der Waals surface area contributed by atoms with Crippen LogP contribution >= 0.6 is 0 Å². The van der Waals surface area contributed by atoms with Gasteiger partial charge < -0.3 is 16.0 Å². The van der Waals surface area contributed by atoms with Crippen LogP contribution in [-0.4, -0.2) is 29.8 Å². The van der Waals surface area contributed by atoms with Gasteiger partial charge in [-0.05, 0) is 25.1 Å². The summed E-state index contributed by atoms with van der Waals surface area (Å²) in [4.78, 5) is 14.2. The molecule has 6 nitrogen and oxygen atoms in total. The zero-order valence-electron chi connectivity index (χ0n) is 12.1. The van der Waals surface area contributed by atoms with Crippen molar-refractivity contribution in [2.75, 3.05) is 30.0 Å². The molecule has 0 bridgehead atoms. The van der Waals surface area contributed by atoms with E-state index in [1.807, 2.05) is 37.2 Å². The minimum Gasteiger partial charge on any atom is -0.394 e. The molecule has 3 N–H and O–H groups in total. The molecule has 0 fully saturated rings. The van der Waals surface area contributed by atoms with E-state index in [1.165, 1.54) is 0 Å². The molecule has 1 aromatic heterocycles. The second kappa shape index (κ2) is 5.24. The summed E-state index contributed by atoms with van der Waals surface area (Å²) in [7, 11) is 5.61. The molecule has 20 heavy (non-hydrogen) atoms. The maximum atomic E-state index is 12.3. The Morgan fingerprint density at radius 2 is 2.10 bits per heavy atom. The molecule has 2 aromatic rings. The van der Waals surface area contributed by atoms with Gasteiger partial charge in [0.15, 0.2) is 5.82 Å². The van der Waals surface area contributed by atoms with E-state index in [9.17, 15) is 4.79 Å². The van der Waals surface area contributed by atoms with Crippen LogP contribution in [0, 0.1) is 6.92 Å². The number of nitrogens with one attached hydrogen (secondary N) is 1. The summed E-state index contributed by atoms with van der Waals surface area (Å²) >= 11 is 0. The van der Waals surface area contributed by atoms with Crippen LogP contribution in [0.2, 0.25) is 0 Å². The molecule has 1 aromatic carbocycles. The molecule has 0 atom stereocenters. The number of nitrogen functional groups attached to an aromatic ring is 1. The Balaban J connectivity index is 2.26. The molecule has 0 saturated heterocycles. The highest BCUT2D eigenvalue weighted by atomic mass is 16.1. The summed E-state index contributed by atoms with van der Waals surface area (Å²) in [5.41, 5.74) is 8.63. The fourth-order valence-electron chi connectivity index (χ4n) is 1.93. The predicted octanol–water partition coefficient (Wildman–Crippen LogP) is 1.63. The van der Waals surface area contributed by atoms with Gasteiger partial charge in [-0.15, -0.1) is 0 Å². The molecule has 1 amide bonds. The van der Waals surface area contributed by atoms with Crippen molar-refractivity contribution in [3.8, 4) is 0 Å². The molecule has 0 aliphatic rings. The van der Waals surface area contributed by atoms with Crippen molar-refractivity contribution in [3.63, 3.8) is 0 Å². The molecule has 0 saturated carbocycles. The first-order valence-corrected chi connectivity index (χ1v) is 6.28. The van der Waals surface area contributed by atoms with Gasteiger partial charge in [-0.1, -0.05) is 6.07 Å². The van der Waals surface area contributed by atoms with Gasteiger partial charge in [0.2, 0.25) is 0 Å². The number of hydrogen-bond donors (Lipinski definition) is 2. The first-order chi connectivity index (χ1) is 9.40. The summed E-state index contributed by atoms with van der Waals surface area (Å²) in [5, 5.41) is 6.97. The van der Waals surface area contributed by atoms with Gasteiger partial charge in [0.1, 0.15) is 0 Å². The molecule has 0 aliphatic heterocycles. The van der Waals surface area contributed by atoms with E-state index in [4.69, 9.17) is 5.73 Å². The number of rotatable bonds is 3. The fraction of sp³-hybridized carbons (Fsp3) is 0.286. The number of aromatic nitrogens is 2. The van der Waals surface area contributed by atoms with Crippen molar-refractivity contribution < 1.29 is 4.79 Å². The van der Waals surface area contributed by atoms with E-state index >= 15 is 0 Å². The molecule has 0 unspecified atom stereocenters. The van der Waals surface area contributed by atoms with Gasteiger partial charge in [0, 0.05) is 32.4 Å². The third-order valence-electron chi connectivity index (χ3n) is 3.13. The number of nitrogens with two attached hydrogens (primary N) is 1. The summed E-state index contributed by atoms with van der Waals surface area (Å²) in [5.74, 6) is 0.311. The summed E-state index contributed by atoms with van der Waals surface area (Å²) in [6.07, 6.45) is 0. The lowest BCUT2D eigenvalue weighted by atomic mass is 10.2. The fourth-order valence-corrected chi connectivity index (χ4v) is 1.93. The highest BCUT2D eigenvalue weighted by Crippen LogP contribution is 2.22. The van der Waals surface area contributed by atoms with E-state index in [-0.39, 0.29) is 5.91 Å². The lowest BCUT2D eigenvalue weighted by Crippen LogP contribution is -2.16. The highest BCUT2D eigenvalue weighted by molar-refractivity contribution is 6.05. The first-order valence-electron chi connectivity index (χ1n) is 6.28. The molecule has 2 rings (SSSR count). The SMILES string of the molecule is Cc1nn(C)c(NC(=O)c2cccc(N(C)C)c2)c1N. The van der Waals surface area contributed by atoms with E-state index in [0.29, 0.717) is 22.8 Å². The molecule has 6 heteroatoms. The van der Waals surface area contributed by atoms with Crippen molar-refractivity contribution in [1.29, 1.82) is 0 Å². The Kier molecular flexibility index (Phi) is 3.65. The quantitative estimate of drug-likeness (QED) is 0.891. The lowest BCUT2D eigenvalue weighted by Gasteiger charge is -2.13. The first kappa shape index (κ1) is 13.9. The third-order valence-corrected chi connectivity index (χ3v) is 3.13. The molecule has 106 valence electrons. The van der Waals surface area contributed by atoms with Crippen LogP contribution in [0.5, 0.6) is 0 Å². The number of carbonyl (C=O) groups excluding carboxylic acids is 1. The smallest absolute Gasteiger partial charge is 0.256 e. The van der Waals surface area contributed by atoms with Crippen LogP contribution in [0.3, 0.4) is 0 Å². The minimum absolute atomic E-state index is 0.205. The van der Waals surface area contributed by atoms with E-state index in [0.717, 1.165) is 5.69 Å². The van der Waals surface area contributed by atoms with Gasteiger partial charge in [-0.2, -0.15) is 5.10 Å². The second-order valence-corrected chi connectivity index (χ2v) is 4.87. The van der Waals surface area contributed by atoms with Crippen LogP contribution in [-0.2, 0) is 7.05 Å². The Morgan fingerprint density at radius 1 is 1.40 bits per heavy atom. The normalized spacial score (nSPS) is 10.4. The Morgan fingerprint density at radius 3 is 2.65 bits per heavy atom. The maximum absolute atomic E-state index is 12.3. The van der Waals surface area contributed by atoms with Gasteiger partial charge in [0.25, 0.3) is 5.91 Å². The van der Waals surface area contributed by atoms with Crippen LogP contribution in [0.1, 0.15) is 16.1 Å². The zero-order valence-corrected chi connectivity index (χ0v) is 12.1. The van der Waals surface area contributed by atoms with Crippen LogP contribution < -0.4 is 16.0 Å². The molecular weight excluding hydrogens is 254 g/mol. The topological polar surface area (TPSA) is 76.2 Å². The minimum atomic E-state index is -0.205. The standard InChI is InChI=1S/C14H19N5O/c1-9-12(15)13(19(4)17-9)16-14(20)10-6-5-7-11(8-10)18(2)3/h5-8H,15H2,1-4H3,(H,16,20). The Labute approximate surface area is 118 Å². The largest absolute Gasteiger partial charge is 0.394 e. The number of nitrogens with zero attached hydrogens (tertiary/aromatic N) is 3. The van der Waals surface area contributed by atoms with Crippen molar-refractivity contribution >= 4 is 23.1 Å².